The van der Waals surface area contributed by atoms with Gasteiger partial charge in [0.2, 0.25) is 0 Å². The molecule has 0 aromatic heterocycles. The van der Waals surface area contributed by atoms with E-state index >= 15 is 0 Å². The summed E-state index contributed by atoms with van der Waals surface area (Å²) in [6, 6.07) is 11.6. The van der Waals surface area contributed by atoms with E-state index in [1.165, 1.54) is 61.3 Å². The van der Waals surface area contributed by atoms with Crippen molar-refractivity contribution in [1.29, 1.82) is 0 Å². The van der Waals surface area contributed by atoms with Crippen molar-refractivity contribution in [2.45, 2.75) is 55.8 Å². The molecule has 0 aliphatic heterocycles. The third kappa shape index (κ3) is 2.24. The normalized spacial score (nSPS) is 25.2. The van der Waals surface area contributed by atoms with Gasteiger partial charge in [-0.15, -0.1) is 0 Å². The molecule has 0 heterocycles. The van der Waals surface area contributed by atoms with E-state index in [2.05, 4.69) is 70.6 Å². The van der Waals surface area contributed by atoms with E-state index < -0.39 is 0 Å². The molecule has 2 aromatic carbocycles. The number of unbranched alkanes of at least 4 members (excludes halogenated alkanes) is 1. The molecule has 0 saturated heterocycles. The fourth-order valence-electron chi connectivity index (χ4n) is 5.55. The minimum atomic E-state index is 0.110. The highest BCUT2D eigenvalue weighted by atomic mass is 79.9. The van der Waals surface area contributed by atoms with Crippen molar-refractivity contribution in [3.05, 3.63) is 65.3 Å². The summed E-state index contributed by atoms with van der Waals surface area (Å²) in [5, 5.41) is 4.04. The number of alkyl halides is 1. The second-order valence-electron chi connectivity index (χ2n) is 8.15. The summed E-state index contributed by atoms with van der Waals surface area (Å²) in [6.45, 7) is 0. The van der Waals surface area contributed by atoms with E-state index in [1.54, 1.807) is 11.1 Å². The van der Waals surface area contributed by atoms with Crippen LogP contribution in [-0.4, -0.2) is 5.33 Å². The second kappa shape index (κ2) is 5.84. The van der Waals surface area contributed by atoms with Crippen LogP contribution in [0.25, 0.3) is 16.8 Å². The largest absolute Gasteiger partial charge is 0.0928 e. The summed E-state index contributed by atoms with van der Waals surface area (Å²) < 4.78 is 0. The minimum absolute atomic E-state index is 0.110. The smallest absolute Gasteiger partial charge is 0.0325 e. The third-order valence-corrected chi connectivity index (χ3v) is 7.37. The predicted molar refractivity (Wildman–Crippen MR) is 112 cm³/mol. The zero-order valence-electron chi connectivity index (χ0n) is 14.7. The summed E-state index contributed by atoms with van der Waals surface area (Å²) in [6.07, 6.45) is 19.2. The average molecular weight is 393 g/mol. The molecule has 1 fully saturated rings. The van der Waals surface area contributed by atoms with Crippen molar-refractivity contribution in [3.8, 4) is 0 Å². The van der Waals surface area contributed by atoms with Crippen LogP contribution < -0.4 is 0 Å². The number of halogens is 1. The maximum absolute atomic E-state index is 3.61. The maximum Gasteiger partial charge on any atom is 0.0325 e. The molecule has 0 amide bonds. The highest BCUT2D eigenvalue weighted by Crippen LogP contribution is 2.55. The van der Waals surface area contributed by atoms with Crippen LogP contribution in [-0.2, 0) is 10.8 Å². The van der Waals surface area contributed by atoms with Crippen molar-refractivity contribution in [3.63, 3.8) is 0 Å². The van der Waals surface area contributed by atoms with E-state index in [0.717, 1.165) is 5.33 Å². The number of fused-ring (bicyclic) bond motifs is 1. The summed E-state index contributed by atoms with van der Waals surface area (Å²) in [7, 11) is 0. The van der Waals surface area contributed by atoms with Gasteiger partial charge in [0.15, 0.2) is 0 Å². The SMILES string of the molecule is BrCCCCC12C=Cc3cccc4ccc(c1c34)C1(C=C2)CCCC1. The Kier molecular flexibility index (Phi) is 3.71. The number of hydrogen-bond acceptors (Lipinski definition) is 0. The van der Waals surface area contributed by atoms with Crippen LogP contribution in [0.1, 0.15) is 61.6 Å². The van der Waals surface area contributed by atoms with Crippen molar-refractivity contribution in [2.75, 3.05) is 5.33 Å². The molecule has 25 heavy (non-hydrogen) atoms. The molecule has 0 radical (unpaired) electrons. The van der Waals surface area contributed by atoms with Crippen LogP contribution >= 0.6 is 15.9 Å². The van der Waals surface area contributed by atoms with E-state index in [4.69, 9.17) is 0 Å². The van der Waals surface area contributed by atoms with Crippen LogP contribution in [0.4, 0.5) is 0 Å². The molecule has 1 heteroatoms. The first kappa shape index (κ1) is 15.9. The Balaban J connectivity index is 1.77. The standard InChI is InChI=1S/C24H25Br/c25-17-4-3-13-24-14-10-19-7-5-6-18-8-9-20(22(24)21(18)19)23(15-16-24)11-1-2-12-23/h5-10,14-16H,1-4,11-13,17H2. The monoisotopic (exact) mass is 392 g/mol. The molecule has 128 valence electrons. The fourth-order valence-corrected chi connectivity index (χ4v) is 5.95. The van der Waals surface area contributed by atoms with Crippen LogP contribution in [0.2, 0.25) is 0 Å². The van der Waals surface area contributed by atoms with Crippen LogP contribution in [0, 0.1) is 0 Å². The lowest BCUT2D eigenvalue weighted by molar-refractivity contribution is 0.484. The summed E-state index contributed by atoms with van der Waals surface area (Å²) in [5.41, 5.74) is 5.10. The predicted octanol–water partition coefficient (Wildman–Crippen LogP) is 7.05. The van der Waals surface area contributed by atoms with Gasteiger partial charge in [-0.05, 0) is 53.1 Å². The van der Waals surface area contributed by atoms with E-state index in [9.17, 15) is 0 Å². The molecule has 3 aliphatic rings. The molecular weight excluding hydrogens is 368 g/mol. The third-order valence-electron chi connectivity index (χ3n) is 6.81. The Morgan fingerprint density at radius 1 is 0.920 bits per heavy atom. The Morgan fingerprint density at radius 2 is 1.80 bits per heavy atom. The zero-order chi connectivity index (χ0) is 16.9. The van der Waals surface area contributed by atoms with Crippen molar-refractivity contribution >= 4 is 32.8 Å². The van der Waals surface area contributed by atoms with E-state index in [0.29, 0.717) is 5.41 Å². The topological polar surface area (TPSA) is 0 Å². The van der Waals surface area contributed by atoms with Crippen molar-refractivity contribution < 1.29 is 0 Å². The van der Waals surface area contributed by atoms with Crippen molar-refractivity contribution in [2.24, 2.45) is 0 Å². The minimum Gasteiger partial charge on any atom is -0.0928 e. The Morgan fingerprint density at radius 3 is 2.64 bits per heavy atom. The first-order valence-corrected chi connectivity index (χ1v) is 10.9. The first-order valence-electron chi connectivity index (χ1n) is 9.80. The summed E-state index contributed by atoms with van der Waals surface area (Å²) in [4.78, 5) is 0. The van der Waals surface area contributed by atoms with Gasteiger partial charge in [-0.3, -0.25) is 0 Å². The highest BCUT2D eigenvalue weighted by molar-refractivity contribution is 9.09. The van der Waals surface area contributed by atoms with Crippen LogP contribution in [0.5, 0.6) is 0 Å². The molecule has 1 spiro atoms. The average Bonchev–Trinajstić information content (AvgIpc) is 3.12. The molecule has 1 atom stereocenters. The Labute approximate surface area is 159 Å². The van der Waals surface area contributed by atoms with Crippen LogP contribution in [0.3, 0.4) is 0 Å². The lowest BCUT2D eigenvalue weighted by Gasteiger charge is -2.43. The quantitative estimate of drug-likeness (QED) is 0.297. The van der Waals surface area contributed by atoms with Crippen molar-refractivity contribution in [1.82, 2.24) is 0 Å². The van der Waals surface area contributed by atoms with Gasteiger partial charge in [0.25, 0.3) is 0 Å². The molecule has 0 N–H and O–H groups in total. The van der Waals surface area contributed by atoms with Gasteiger partial charge in [-0.2, -0.15) is 0 Å². The number of allylic oxidation sites excluding steroid dienone is 3. The van der Waals surface area contributed by atoms with Gasteiger partial charge < -0.3 is 0 Å². The maximum atomic E-state index is 3.61. The molecule has 0 nitrogen and oxygen atoms in total. The van der Waals surface area contributed by atoms with Gasteiger partial charge in [0.1, 0.15) is 0 Å². The Hall–Kier alpha value is -1.34. The summed E-state index contributed by atoms with van der Waals surface area (Å²) >= 11 is 3.61. The van der Waals surface area contributed by atoms with E-state index in [-0.39, 0.29) is 5.41 Å². The summed E-state index contributed by atoms with van der Waals surface area (Å²) in [5.74, 6) is 0. The molecule has 5 rings (SSSR count). The molecule has 3 aliphatic carbocycles. The number of rotatable bonds is 4. The van der Waals surface area contributed by atoms with Gasteiger partial charge >= 0.3 is 0 Å². The fraction of sp³-hybridized carbons (Fsp3) is 0.417. The van der Waals surface area contributed by atoms with Gasteiger partial charge in [0, 0.05) is 16.2 Å². The number of hydrogen-bond donors (Lipinski definition) is 0. The number of benzene rings is 2. The highest BCUT2D eigenvalue weighted by Gasteiger charge is 2.44. The van der Waals surface area contributed by atoms with E-state index in [1.807, 2.05) is 0 Å². The van der Waals surface area contributed by atoms with Gasteiger partial charge in [-0.25, -0.2) is 0 Å². The molecular formula is C24H25Br. The second-order valence-corrected chi connectivity index (χ2v) is 8.94. The van der Waals surface area contributed by atoms with Crippen LogP contribution in [0.15, 0.2) is 48.6 Å². The molecule has 0 bridgehead atoms. The van der Waals surface area contributed by atoms with Gasteiger partial charge in [-0.1, -0.05) is 89.8 Å². The zero-order valence-corrected chi connectivity index (χ0v) is 16.3. The van der Waals surface area contributed by atoms with Gasteiger partial charge in [0.05, 0.1) is 0 Å². The lowest BCUT2D eigenvalue weighted by atomic mass is 9.60. The molecule has 1 unspecified atom stereocenters. The Bertz CT molecular complexity index is 882. The molecule has 2 aromatic rings. The first-order chi connectivity index (χ1) is 12.3. The lowest BCUT2D eigenvalue weighted by Crippen LogP contribution is -2.35. The molecule has 1 saturated carbocycles.